The lowest BCUT2D eigenvalue weighted by molar-refractivity contribution is -0.158. The van der Waals surface area contributed by atoms with Gasteiger partial charge in [-0.15, -0.1) is 0 Å². The van der Waals surface area contributed by atoms with Gasteiger partial charge in [0.2, 0.25) is 5.91 Å². The summed E-state index contributed by atoms with van der Waals surface area (Å²) in [6, 6.07) is 13.6. The van der Waals surface area contributed by atoms with Crippen LogP contribution >= 0.6 is 0 Å². The monoisotopic (exact) mass is 368 g/mol. The van der Waals surface area contributed by atoms with Crippen LogP contribution in [-0.2, 0) is 25.5 Å². The van der Waals surface area contributed by atoms with Crippen LogP contribution < -0.4 is 5.32 Å². The van der Waals surface area contributed by atoms with E-state index in [9.17, 15) is 14.4 Å². The average molecular weight is 368 g/mol. The van der Waals surface area contributed by atoms with Crippen molar-refractivity contribution in [2.75, 3.05) is 19.6 Å². The number of esters is 1. The fourth-order valence-corrected chi connectivity index (χ4v) is 3.34. The first-order valence-electron chi connectivity index (χ1n) is 9.26. The van der Waals surface area contributed by atoms with Gasteiger partial charge in [0, 0.05) is 13.1 Å². The van der Waals surface area contributed by atoms with Gasteiger partial charge in [0.15, 0.2) is 6.10 Å². The summed E-state index contributed by atoms with van der Waals surface area (Å²) in [5.74, 6) is -1.05. The Morgan fingerprint density at radius 2 is 1.78 bits per heavy atom. The maximum absolute atomic E-state index is 12.2. The standard InChI is InChI=1S/C21H24N2O4/c1-15(21(26)23-11-4-5-12-23)27-20(25)14-22-19(24)13-17-9-6-8-16-7-2-3-10-18(16)17/h2-3,6-10,15H,4-5,11-14H2,1H3,(H,22,24)/t15-/m0/s1. The molecule has 1 N–H and O–H groups in total. The molecule has 27 heavy (non-hydrogen) atoms. The van der Waals surface area contributed by atoms with E-state index in [2.05, 4.69) is 5.32 Å². The van der Waals surface area contributed by atoms with Crippen molar-refractivity contribution >= 4 is 28.6 Å². The van der Waals surface area contributed by atoms with E-state index < -0.39 is 12.1 Å². The largest absolute Gasteiger partial charge is 0.451 e. The van der Waals surface area contributed by atoms with Crippen molar-refractivity contribution in [3.8, 4) is 0 Å². The van der Waals surface area contributed by atoms with E-state index in [0.29, 0.717) is 13.1 Å². The van der Waals surface area contributed by atoms with E-state index in [-0.39, 0.29) is 24.8 Å². The summed E-state index contributed by atoms with van der Waals surface area (Å²) < 4.78 is 5.15. The molecule has 2 aromatic rings. The molecule has 1 aliphatic heterocycles. The van der Waals surface area contributed by atoms with Gasteiger partial charge in [-0.05, 0) is 36.1 Å². The predicted molar refractivity (Wildman–Crippen MR) is 102 cm³/mol. The van der Waals surface area contributed by atoms with Gasteiger partial charge in [-0.3, -0.25) is 14.4 Å². The molecule has 1 saturated heterocycles. The van der Waals surface area contributed by atoms with Crippen molar-refractivity contribution in [1.82, 2.24) is 10.2 Å². The van der Waals surface area contributed by atoms with Crippen molar-refractivity contribution in [2.45, 2.75) is 32.3 Å². The second-order valence-electron chi connectivity index (χ2n) is 6.76. The number of hydrogen-bond donors (Lipinski definition) is 1. The first-order valence-corrected chi connectivity index (χ1v) is 9.26. The molecule has 6 heteroatoms. The minimum atomic E-state index is -0.828. The Labute approximate surface area is 158 Å². The molecule has 0 spiro atoms. The molecule has 1 aliphatic rings. The fourth-order valence-electron chi connectivity index (χ4n) is 3.34. The summed E-state index contributed by atoms with van der Waals surface area (Å²) in [4.78, 5) is 38.0. The third-order valence-electron chi connectivity index (χ3n) is 4.73. The minimum Gasteiger partial charge on any atom is -0.451 e. The minimum absolute atomic E-state index is 0.177. The molecule has 142 valence electrons. The fraction of sp³-hybridized carbons (Fsp3) is 0.381. The molecule has 3 rings (SSSR count). The Morgan fingerprint density at radius 3 is 2.56 bits per heavy atom. The van der Waals surface area contributed by atoms with Gasteiger partial charge >= 0.3 is 5.97 Å². The van der Waals surface area contributed by atoms with Crippen LogP contribution in [0, 0.1) is 0 Å². The molecule has 2 amide bonds. The SMILES string of the molecule is C[C@H](OC(=O)CNC(=O)Cc1cccc2ccccc12)C(=O)N1CCCC1. The number of benzene rings is 2. The van der Waals surface area contributed by atoms with Crippen molar-refractivity contribution in [1.29, 1.82) is 0 Å². The molecule has 1 atom stereocenters. The lowest BCUT2D eigenvalue weighted by Gasteiger charge is -2.20. The summed E-state index contributed by atoms with van der Waals surface area (Å²) in [6.45, 7) is 2.74. The number of ether oxygens (including phenoxy) is 1. The molecule has 1 heterocycles. The molecule has 0 unspecified atom stereocenters. The van der Waals surface area contributed by atoms with Gasteiger partial charge in [-0.1, -0.05) is 42.5 Å². The molecule has 2 aromatic carbocycles. The van der Waals surface area contributed by atoms with Crippen LogP contribution in [0.25, 0.3) is 10.8 Å². The number of nitrogens with zero attached hydrogens (tertiary/aromatic N) is 1. The molecule has 0 radical (unpaired) electrons. The van der Waals surface area contributed by atoms with Gasteiger partial charge < -0.3 is 15.0 Å². The highest BCUT2D eigenvalue weighted by molar-refractivity contribution is 5.91. The Bertz CT molecular complexity index is 838. The first kappa shape index (κ1) is 18.9. The van der Waals surface area contributed by atoms with E-state index in [1.54, 1.807) is 11.8 Å². The van der Waals surface area contributed by atoms with Gasteiger partial charge in [0.1, 0.15) is 6.54 Å². The van der Waals surface area contributed by atoms with Crippen LogP contribution in [0.4, 0.5) is 0 Å². The number of nitrogens with one attached hydrogen (secondary N) is 1. The predicted octanol–water partition coefficient (Wildman–Crippen LogP) is 2.05. The Balaban J connectivity index is 1.48. The summed E-state index contributed by atoms with van der Waals surface area (Å²) in [5.41, 5.74) is 0.900. The van der Waals surface area contributed by atoms with Gasteiger partial charge in [-0.25, -0.2) is 0 Å². The number of carbonyl (C=O) groups excluding carboxylic acids is 3. The second-order valence-corrected chi connectivity index (χ2v) is 6.76. The summed E-state index contributed by atoms with van der Waals surface area (Å²) >= 11 is 0. The van der Waals surface area contributed by atoms with Gasteiger partial charge in [0.05, 0.1) is 6.42 Å². The number of carbonyl (C=O) groups is 3. The molecular weight excluding hydrogens is 344 g/mol. The molecule has 0 aromatic heterocycles. The quantitative estimate of drug-likeness (QED) is 0.792. The Morgan fingerprint density at radius 1 is 1.07 bits per heavy atom. The summed E-state index contributed by atoms with van der Waals surface area (Å²) in [7, 11) is 0. The summed E-state index contributed by atoms with van der Waals surface area (Å²) in [6.07, 6.45) is 1.31. The molecular formula is C21H24N2O4. The van der Waals surface area contributed by atoms with Gasteiger partial charge in [-0.2, -0.15) is 0 Å². The Hall–Kier alpha value is -2.89. The third kappa shape index (κ3) is 4.84. The highest BCUT2D eigenvalue weighted by Crippen LogP contribution is 2.18. The normalized spacial score (nSPS) is 14.8. The molecule has 0 saturated carbocycles. The maximum Gasteiger partial charge on any atom is 0.326 e. The van der Waals surface area contributed by atoms with Crippen LogP contribution in [0.3, 0.4) is 0 Å². The molecule has 1 fully saturated rings. The average Bonchev–Trinajstić information content (AvgIpc) is 3.21. The number of fused-ring (bicyclic) bond motifs is 1. The number of hydrogen-bond acceptors (Lipinski definition) is 4. The maximum atomic E-state index is 12.2. The van der Waals surface area contributed by atoms with E-state index in [0.717, 1.165) is 29.2 Å². The number of rotatable bonds is 6. The van der Waals surface area contributed by atoms with Crippen molar-refractivity contribution in [3.05, 3.63) is 48.0 Å². The van der Waals surface area contributed by atoms with E-state index >= 15 is 0 Å². The first-order chi connectivity index (χ1) is 13.0. The smallest absolute Gasteiger partial charge is 0.326 e. The van der Waals surface area contributed by atoms with E-state index in [1.165, 1.54) is 0 Å². The molecule has 0 bridgehead atoms. The van der Waals surface area contributed by atoms with Crippen LogP contribution in [-0.4, -0.2) is 48.4 Å². The highest BCUT2D eigenvalue weighted by atomic mass is 16.5. The zero-order valence-corrected chi connectivity index (χ0v) is 15.4. The van der Waals surface area contributed by atoms with E-state index in [4.69, 9.17) is 4.74 Å². The lowest BCUT2D eigenvalue weighted by atomic mass is 10.0. The van der Waals surface area contributed by atoms with Crippen LogP contribution in [0.5, 0.6) is 0 Å². The van der Waals surface area contributed by atoms with Crippen molar-refractivity contribution in [3.63, 3.8) is 0 Å². The van der Waals surface area contributed by atoms with Crippen LogP contribution in [0.15, 0.2) is 42.5 Å². The zero-order chi connectivity index (χ0) is 19.2. The Kier molecular flexibility index (Phi) is 6.06. The summed E-state index contributed by atoms with van der Waals surface area (Å²) in [5, 5.41) is 4.65. The van der Waals surface area contributed by atoms with Crippen molar-refractivity contribution in [2.24, 2.45) is 0 Å². The topological polar surface area (TPSA) is 75.7 Å². The second kappa shape index (κ2) is 8.66. The van der Waals surface area contributed by atoms with Gasteiger partial charge in [0.25, 0.3) is 5.91 Å². The lowest BCUT2D eigenvalue weighted by Crippen LogP contribution is -2.40. The highest BCUT2D eigenvalue weighted by Gasteiger charge is 2.25. The zero-order valence-electron chi connectivity index (χ0n) is 15.4. The number of amides is 2. The van der Waals surface area contributed by atoms with Crippen LogP contribution in [0.2, 0.25) is 0 Å². The number of likely N-dealkylation sites (tertiary alicyclic amines) is 1. The third-order valence-corrected chi connectivity index (χ3v) is 4.73. The molecule has 6 nitrogen and oxygen atoms in total. The van der Waals surface area contributed by atoms with Crippen LogP contribution in [0.1, 0.15) is 25.3 Å². The molecule has 0 aliphatic carbocycles. The van der Waals surface area contributed by atoms with Crippen molar-refractivity contribution < 1.29 is 19.1 Å². The van der Waals surface area contributed by atoms with E-state index in [1.807, 2.05) is 42.5 Å².